The lowest BCUT2D eigenvalue weighted by atomic mass is 9.42. The van der Waals surface area contributed by atoms with E-state index in [0.29, 0.717) is 11.5 Å². The third kappa shape index (κ3) is 2.73. The van der Waals surface area contributed by atoms with Crippen LogP contribution in [0.15, 0.2) is 0 Å². The summed E-state index contributed by atoms with van der Waals surface area (Å²) in [5.41, 5.74) is 1.49. The van der Waals surface area contributed by atoms with Gasteiger partial charge in [0.1, 0.15) is 0 Å². The maximum Gasteiger partial charge on any atom is 0.0640 e. The predicted molar refractivity (Wildman–Crippen MR) is 115 cm³/mol. The molecule has 1 nitrogen and oxygen atoms in total. The van der Waals surface area contributed by atoms with Gasteiger partial charge in [-0.25, -0.2) is 0 Å². The highest BCUT2D eigenvalue weighted by atomic mass is 16.5. The van der Waals surface area contributed by atoms with Gasteiger partial charge in [-0.05, 0) is 129 Å². The molecule has 5 aliphatic carbocycles. The van der Waals surface area contributed by atoms with Gasteiger partial charge in [-0.3, -0.25) is 0 Å². The first-order chi connectivity index (χ1) is 13.5. The molecule has 6 fully saturated rings. The van der Waals surface area contributed by atoms with Gasteiger partial charge in [0, 0.05) is 0 Å². The summed E-state index contributed by atoms with van der Waals surface area (Å²) in [6.07, 6.45) is 18.9. The monoisotopic (exact) mass is 384 g/mol. The first-order valence-electron chi connectivity index (χ1n) is 13.1. The van der Waals surface area contributed by atoms with E-state index in [-0.39, 0.29) is 0 Å². The van der Waals surface area contributed by atoms with Gasteiger partial charge in [0.15, 0.2) is 0 Å². The van der Waals surface area contributed by atoms with Gasteiger partial charge in [-0.2, -0.15) is 0 Å². The molecule has 28 heavy (non-hydrogen) atoms. The van der Waals surface area contributed by atoms with Crippen molar-refractivity contribution in [2.75, 3.05) is 6.61 Å². The van der Waals surface area contributed by atoms with Crippen molar-refractivity contribution in [3.05, 3.63) is 0 Å². The molecular formula is C27H44O. The van der Waals surface area contributed by atoms with Crippen LogP contribution in [0.1, 0.15) is 97.8 Å². The topological polar surface area (TPSA) is 9.23 Å². The lowest BCUT2D eigenvalue weighted by Gasteiger charge is -2.63. The fourth-order valence-electron chi connectivity index (χ4n) is 9.57. The maximum atomic E-state index is 6.70. The van der Waals surface area contributed by atoms with Gasteiger partial charge in [0.2, 0.25) is 0 Å². The lowest BCUT2D eigenvalue weighted by molar-refractivity contribution is -0.163. The number of rotatable bonds is 2. The molecule has 6 aliphatic rings. The Morgan fingerprint density at radius 3 is 2.29 bits per heavy atom. The van der Waals surface area contributed by atoms with Crippen LogP contribution in [0.3, 0.4) is 0 Å². The molecule has 2 spiro atoms. The summed E-state index contributed by atoms with van der Waals surface area (Å²) in [7, 11) is 0. The average molecular weight is 385 g/mol. The fraction of sp³-hybridized carbons (Fsp3) is 1.00. The molecule has 0 bridgehead atoms. The van der Waals surface area contributed by atoms with Gasteiger partial charge in [-0.1, -0.05) is 27.2 Å². The highest BCUT2D eigenvalue weighted by molar-refractivity contribution is 5.11. The molecule has 1 heteroatoms. The van der Waals surface area contributed by atoms with Gasteiger partial charge < -0.3 is 4.74 Å². The summed E-state index contributed by atoms with van der Waals surface area (Å²) < 4.78 is 6.70. The lowest BCUT2D eigenvalue weighted by Crippen LogP contribution is -2.57. The molecule has 0 aromatic carbocycles. The van der Waals surface area contributed by atoms with Gasteiger partial charge in [0.25, 0.3) is 0 Å². The first kappa shape index (κ1) is 18.7. The van der Waals surface area contributed by atoms with Crippen molar-refractivity contribution < 1.29 is 4.74 Å². The van der Waals surface area contributed by atoms with E-state index in [1.54, 1.807) is 32.1 Å². The second-order valence-electron chi connectivity index (χ2n) is 13.0. The zero-order chi connectivity index (χ0) is 19.1. The molecule has 0 aromatic rings. The minimum Gasteiger partial charge on any atom is -0.377 e. The van der Waals surface area contributed by atoms with Crippen LogP contribution in [-0.2, 0) is 4.74 Å². The summed E-state index contributed by atoms with van der Waals surface area (Å²) in [5, 5.41) is 0. The third-order valence-electron chi connectivity index (χ3n) is 11.5. The largest absolute Gasteiger partial charge is 0.377 e. The number of hydrogen-bond donors (Lipinski definition) is 0. The second kappa shape index (κ2) is 6.48. The van der Waals surface area contributed by atoms with Crippen molar-refractivity contribution in [1.82, 2.24) is 0 Å². The average Bonchev–Trinajstić information content (AvgIpc) is 3.13. The Balaban J connectivity index is 1.28. The van der Waals surface area contributed by atoms with E-state index in [0.717, 1.165) is 59.4 Å². The van der Waals surface area contributed by atoms with Crippen LogP contribution >= 0.6 is 0 Å². The minimum absolute atomic E-state index is 0.620. The molecule has 10 atom stereocenters. The summed E-state index contributed by atoms with van der Waals surface area (Å²) in [6.45, 7) is 8.75. The fourth-order valence-corrected chi connectivity index (χ4v) is 9.57. The van der Waals surface area contributed by atoms with Crippen LogP contribution in [-0.4, -0.2) is 12.7 Å². The quantitative estimate of drug-likeness (QED) is 0.493. The van der Waals surface area contributed by atoms with E-state index < -0.39 is 0 Å². The van der Waals surface area contributed by atoms with E-state index in [1.165, 1.54) is 44.9 Å². The highest BCUT2D eigenvalue weighted by Gasteiger charge is 2.62. The van der Waals surface area contributed by atoms with Crippen molar-refractivity contribution in [2.45, 2.75) is 104 Å². The molecular weight excluding hydrogens is 340 g/mol. The van der Waals surface area contributed by atoms with Crippen molar-refractivity contribution >= 4 is 0 Å². The molecule has 10 unspecified atom stereocenters. The van der Waals surface area contributed by atoms with Crippen LogP contribution in [0.5, 0.6) is 0 Å². The Kier molecular flexibility index (Phi) is 4.33. The van der Waals surface area contributed by atoms with Gasteiger partial charge in [0.05, 0.1) is 12.7 Å². The number of ether oxygens (including phenoxy) is 1. The third-order valence-corrected chi connectivity index (χ3v) is 11.5. The smallest absolute Gasteiger partial charge is 0.0640 e. The van der Waals surface area contributed by atoms with E-state index in [2.05, 4.69) is 20.8 Å². The van der Waals surface area contributed by atoms with E-state index >= 15 is 0 Å². The van der Waals surface area contributed by atoms with Crippen molar-refractivity contribution in [2.24, 2.45) is 58.2 Å². The molecule has 0 N–H and O–H groups in total. The van der Waals surface area contributed by atoms with Crippen LogP contribution < -0.4 is 0 Å². The zero-order valence-corrected chi connectivity index (χ0v) is 18.8. The molecule has 0 radical (unpaired) electrons. The minimum atomic E-state index is 0.620. The highest BCUT2D eigenvalue weighted by Crippen LogP contribution is 2.69. The molecule has 1 heterocycles. The molecule has 1 saturated heterocycles. The second-order valence-corrected chi connectivity index (χ2v) is 13.0. The molecule has 5 saturated carbocycles. The standard InChI is InChI=1S/C27H44O/c1-17-4-8-27(24(14-17)25-21-13-18(2)12-20(21)16-28-25)9-6-23(27)22-15-26(10-11-26)7-5-19(22)3/h17-25H,4-16H2,1-3H3. The molecule has 158 valence electrons. The Bertz CT molecular complexity index is 607. The number of hydrogen-bond acceptors (Lipinski definition) is 1. The van der Waals surface area contributed by atoms with Crippen molar-refractivity contribution in [1.29, 1.82) is 0 Å². The summed E-state index contributed by atoms with van der Waals surface area (Å²) >= 11 is 0. The van der Waals surface area contributed by atoms with E-state index in [9.17, 15) is 0 Å². The SMILES string of the molecule is CC1CC2COC(C3CC(C)CCC34CCC4C3CC4(CCC3C)CC4)C2C1. The zero-order valence-electron chi connectivity index (χ0n) is 18.8. The van der Waals surface area contributed by atoms with Gasteiger partial charge >= 0.3 is 0 Å². The first-order valence-corrected chi connectivity index (χ1v) is 13.1. The van der Waals surface area contributed by atoms with Crippen LogP contribution in [0.4, 0.5) is 0 Å². The van der Waals surface area contributed by atoms with Crippen LogP contribution in [0.2, 0.25) is 0 Å². The molecule has 1 aliphatic heterocycles. The Labute approximate surface area is 173 Å². The molecule has 0 aromatic heterocycles. The number of fused-ring (bicyclic) bond motifs is 1. The predicted octanol–water partition coefficient (Wildman–Crippen LogP) is 7.10. The Morgan fingerprint density at radius 2 is 1.54 bits per heavy atom. The van der Waals surface area contributed by atoms with Crippen molar-refractivity contribution in [3.63, 3.8) is 0 Å². The summed E-state index contributed by atoms with van der Waals surface area (Å²) in [5.74, 6) is 7.63. The van der Waals surface area contributed by atoms with Crippen LogP contribution in [0.25, 0.3) is 0 Å². The van der Waals surface area contributed by atoms with E-state index in [4.69, 9.17) is 4.74 Å². The molecule has 6 rings (SSSR count). The normalized spacial score (nSPS) is 57.3. The summed E-state index contributed by atoms with van der Waals surface area (Å²) in [6, 6.07) is 0. The van der Waals surface area contributed by atoms with Crippen molar-refractivity contribution in [3.8, 4) is 0 Å². The van der Waals surface area contributed by atoms with E-state index in [1.807, 2.05) is 0 Å². The van der Waals surface area contributed by atoms with Crippen LogP contribution in [0, 0.1) is 58.2 Å². The summed E-state index contributed by atoms with van der Waals surface area (Å²) in [4.78, 5) is 0. The van der Waals surface area contributed by atoms with Gasteiger partial charge in [-0.15, -0.1) is 0 Å². The maximum absolute atomic E-state index is 6.70. The molecule has 0 amide bonds. The Hall–Kier alpha value is -0.0400. The Morgan fingerprint density at radius 1 is 0.714 bits per heavy atom.